The minimum Gasteiger partial charge on any atom is -0.330 e. The van der Waals surface area contributed by atoms with E-state index in [4.69, 9.17) is 5.73 Å². The lowest BCUT2D eigenvalue weighted by atomic mass is 9.64. The maximum atomic E-state index is 5.92. The van der Waals surface area contributed by atoms with Crippen LogP contribution in [0.15, 0.2) is 24.3 Å². The van der Waals surface area contributed by atoms with E-state index in [2.05, 4.69) is 45.0 Å². The van der Waals surface area contributed by atoms with E-state index in [1.54, 1.807) is 0 Å². The van der Waals surface area contributed by atoms with Crippen molar-refractivity contribution in [3.8, 4) is 0 Å². The van der Waals surface area contributed by atoms with Crippen molar-refractivity contribution in [1.29, 1.82) is 0 Å². The molecule has 0 atom stereocenters. The Bertz CT molecular complexity index is 352. The van der Waals surface area contributed by atoms with Gasteiger partial charge in [0.2, 0.25) is 0 Å². The molecule has 0 saturated heterocycles. The molecule has 0 unspecified atom stereocenters. The fourth-order valence-electron chi connectivity index (χ4n) is 2.54. The molecule has 1 fully saturated rings. The molecule has 1 aromatic rings. The molecule has 0 amide bonds. The summed E-state index contributed by atoms with van der Waals surface area (Å²) in [6.07, 6.45) is 3.86. The van der Waals surface area contributed by atoms with E-state index in [0.717, 1.165) is 6.54 Å². The molecule has 1 aromatic carbocycles. The summed E-state index contributed by atoms with van der Waals surface area (Å²) >= 11 is 0. The number of benzene rings is 1. The Morgan fingerprint density at radius 2 is 1.65 bits per heavy atom. The van der Waals surface area contributed by atoms with Crippen molar-refractivity contribution < 1.29 is 0 Å². The Balaban J connectivity index is 0.00000144. The van der Waals surface area contributed by atoms with Gasteiger partial charge in [-0.05, 0) is 29.4 Å². The number of nitrogens with two attached hydrogens (primary N) is 1. The molecule has 0 aliphatic heterocycles. The third kappa shape index (κ3) is 2.66. The first-order chi connectivity index (χ1) is 7.48. The van der Waals surface area contributed by atoms with Crippen LogP contribution < -0.4 is 5.73 Å². The van der Waals surface area contributed by atoms with Crippen LogP contribution in [0, 0.1) is 0 Å². The number of halogens is 1. The quantitative estimate of drug-likeness (QED) is 0.853. The van der Waals surface area contributed by atoms with Crippen LogP contribution in [-0.2, 0) is 10.8 Å². The summed E-state index contributed by atoms with van der Waals surface area (Å²) < 4.78 is 0. The van der Waals surface area contributed by atoms with Gasteiger partial charge in [-0.15, -0.1) is 12.4 Å². The first-order valence-corrected chi connectivity index (χ1v) is 6.29. The van der Waals surface area contributed by atoms with Crippen LogP contribution in [0.4, 0.5) is 0 Å². The SMILES string of the molecule is CC(C)(C)c1ccc(C2(CN)CCC2)cc1.Cl. The molecule has 0 heterocycles. The van der Waals surface area contributed by atoms with Gasteiger partial charge in [-0.25, -0.2) is 0 Å². The standard InChI is InChI=1S/C15H23N.ClH/c1-14(2,3)12-5-7-13(8-6-12)15(11-16)9-4-10-15;/h5-8H,4,9-11,16H2,1-3H3;1H. The van der Waals surface area contributed by atoms with Crippen molar-refractivity contribution >= 4 is 12.4 Å². The van der Waals surface area contributed by atoms with Gasteiger partial charge >= 0.3 is 0 Å². The van der Waals surface area contributed by atoms with E-state index >= 15 is 0 Å². The third-order valence-electron chi connectivity index (χ3n) is 4.06. The molecule has 96 valence electrons. The topological polar surface area (TPSA) is 26.0 Å². The molecule has 1 nitrogen and oxygen atoms in total. The molecule has 1 saturated carbocycles. The molecule has 17 heavy (non-hydrogen) atoms. The first kappa shape index (κ1) is 14.5. The zero-order chi connectivity index (χ0) is 11.8. The van der Waals surface area contributed by atoms with E-state index in [-0.39, 0.29) is 17.8 Å². The van der Waals surface area contributed by atoms with E-state index < -0.39 is 0 Å². The van der Waals surface area contributed by atoms with Gasteiger partial charge in [-0.2, -0.15) is 0 Å². The second kappa shape index (κ2) is 4.99. The van der Waals surface area contributed by atoms with Gasteiger partial charge in [-0.1, -0.05) is 51.5 Å². The van der Waals surface area contributed by atoms with Crippen LogP contribution in [0.5, 0.6) is 0 Å². The summed E-state index contributed by atoms with van der Waals surface area (Å²) in [5.41, 5.74) is 9.32. The molecular weight excluding hydrogens is 230 g/mol. The highest BCUT2D eigenvalue weighted by molar-refractivity contribution is 5.85. The van der Waals surface area contributed by atoms with E-state index in [0.29, 0.717) is 5.41 Å². The van der Waals surface area contributed by atoms with Gasteiger partial charge in [0.15, 0.2) is 0 Å². The van der Waals surface area contributed by atoms with Crippen molar-refractivity contribution in [2.45, 2.75) is 50.9 Å². The smallest absolute Gasteiger partial charge is 0.00755 e. The van der Waals surface area contributed by atoms with Crippen LogP contribution in [0.3, 0.4) is 0 Å². The van der Waals surface area contributed by atoms with Crippen molar-refractivity contribution in [2.24, 2.45) is 5.73 Å². The summed E-state index contributed by atoms with van der Waals surface area (Å²) in [5, 5.41) is 0. The fraction of sp³-hybridized carbons (Fsp3) is 0.600. The highest BCUT2D eigenvalue weighted by Crippen LogP contribution is 2.43. The largest absolute Gasteiger partial charge is 0.330 e. The third-order valence-corrected chi connectivity index (χ3v) is 4.06. The lowest BCUT2D eigenvalue weighted by Crippen LogP contribution is -2.41. The molecule has 2 rings (SSSR count). The minimum absolute atomic E-state index is 0. The monoisotopic (exact) mass is 253 g/mol. The van der Waals surface area contributed by atoms with Crippen LogP contribution in [-0.4, -0.2) is 6.54 Å². The molecule has 0 bridgehead atoms. The predicted octanol–water partition coefficient (Wildman–Crippen LogP) is 3.79. The van der Waals surface area contributed by atoms with Crippen LogP contribution >= 0.6 is 12.4 Å². The Morgan fingerprint density at radius 1 is 1.12 bits per heavy atom. The van der Waals surface area contributed by atoms with Crippen molar-refractivity contribution in [2.75, 3.05) is 6.54 Å². The second-order valence-electron chi connectivity index (χ2n) is 6.17. The van der Waals surface area contributed by atoms with Crippen molar-refractivity contribution in [3.05, 3.63) is 35.4 Å². The Kier molecular flexibility index (Phi) is 4.27. The Labute approximate surface area is 111 Å². The highest BCUT2D eigenvalue weighted by Gasteiger charge is 2.37. The first-order valence-electron chi connectivity index (χ1n) is 6.29. The predicted molar refractivity (Wildman–Crippen MR) is 77.0 cm³/mol. The summed E-state index contributed by atoms with van der Waals surface area (Å²) in [4.78, 5) is 0. The van der Waals surface area contributed by atoms with Crippen LogP contribution in [0.2, 0.25) is 0 Å². The van der Waals surface area contributed by atoms with Gasteiger partial charge in [0.05, 0.1) is 0 Å². The summed E-state index contributed by atoms with van der Waals surface area (Å²) in [6.45, 7) is 7.56. The molecular formula is C15H24ClN. The summed E-state index contributed by atoms with van der Waals surface area (Å²) in [5.74, 6) is 0. The summed E-state index contributed by atoms with van der Waals surface area (Å²) in [6, 6.07) is 9.11. The molecule has 0 radical (unpaired) electrons. The number of hydrogen-bond donors (Lipinski definition) is 1. The molecule has 2 N–H and O–H groups in total. The molecule has 2 heteroatoms. The maximum absolute atomic E-state index is 5.92. The van der Waals surface area contributed by atoms with Gasteiger partial charge in [0, 0.05) is 12.0 Å². The Hall–Kier alpha value is -0.530. The van der Waals surface area contributed by atoms with Gasteiger partial charge in [0.1, 0.15) is 0 Å². The fourth-order valence-corrected chi connectivity index (χ4v) is 2.54. The minimum atomic E-state index is 0. The van der Waals surface area contributed by atoms with Crippen LogP contribution in [0.1, 0.15) is 51.2 Å². The highest BCUT2D eigenvalue weighted by atomic mass is 35.5. The molecule has 1 aliphatic carbocycles. The second-order valence-corrected chi connectivity index (χ2v) is 6.17. The molecule has 1 aliphatic rings. The zero-order valence-electron chi connectivity index (χ0n) is 11.1. The Morgan fingerprint density at radius 3 is 1.94 bits per heavy atom. The maximum Gasteiger partial charge on any atom is 0.00755 e. The van der Waals surface area contributed by atoms with E-state index in [1.165, 1.54) is 30.4 Å². The van der Waals surface area contributed by atoms with Gasteiger partial charge in [-0.3, -0.25) is 0 Å². The molecule has 0 aromatic heterocycles. The van der Waals surface area contributed by atoms with Gasteiger partial charge < -0.3 is 5.73 Å². The molecule has 0 spiro atoms. The lowest BCUT2D eigenvalue weighted by molar-refractivity contribution is 0.253. The van der Waals surface area contributed by atoms with Crippen molar-refractivity contribution in [3.63, 3.8) is 0 Å². The average molecular weight is 254 g/mol. The van der Waals surface area contributed by atoms with Crippen molar-refractivity contribution in [1.82, 2.24) is 0 Å². The lowest BCUT2D eigenvalue weighted by Gasteiger charge is -2.41. The normalized spacial score (nSPS) is 18.1. The van der Waals surface area contributed by atoms with E-state index in [9.17, 15) is 0 Å². The summed E-state index contributed by atoms with van der Waals surface area (Å²) in [7, 11) is 0. The zero-order valence-corrected chi connectivity index (χ0v) is 11.9. The number of rotatable bonds is 2. The average Bonchev–Trinajstić information content (AvgIpc) is 2.16. The number of hydrogen-bond acceptors (Lipinski definition) is 1. The van der Waals surface area contributed by atoms with Gasteiger partial charge in [0.25, 0.3) is 0 Å². The van der Waals surface area contributed by atoms with Crippen LogP contribution in [0.25, 0.3) is 0 Å². The van der Waals surface area contributed by atoms with E-state index in [1.807, 2.05) is 0 Å².